The Morgan fingerprint density at radius 2 is 1.95 bits per heavy atom. The Morgan fingerprint density at radius 1 is 1.21 bits per heavy atom. The summed E-state index contributed by atoms with van der Waals surface area (Å²) in [6.07, 6.45) is 4.83. The van der Waals surface area contributed by atoms with Gasteiger partial charge in [-0.2, -0.15) is 9.55 Å². The van der Waals surface area contributed by atoms with Gasteiger partial charge < -0.3 is 5.11 Å². The first-order valence-corrected chi connectivity index (χ1v) is 5.82. The third-order valence-electron chi connectivity index (χ3n) is 3.04. The molecule has 2 heterocycles. The Labute approximate surface area is 109 Å². The molecule has 3 aromatic rings. The molecule has 3 rings (SSSR count). The van der Waals surface area contributed by atoms with Gasteiger partial charge in [0.15, 0.2) is 12.4 Å². The van der Waals surface area contributed by atoms with Crippen LogP contribution in [0.4, 0.5) is 0 Å². The van der Waals surface area contributed by atoms with Crippen molar-refractivity contribution in [2.75, 3.05) is 0 Å². The van der Waals surface area contributed by atoms with Crippen LogP contribution >= 0.6 is 0 Å². The SMILES string of the molecule is Cn1cnc(O)c(-[n+]2ccc3ccccc3c2)c1=O. The van der Waals surface area contributed by atoms with Crippen molar-refractivity contribution in [3.63, 3.8) is 0 Å². The summed E-state index contributed by atoms with van der Waals surface area (Å²) in [5.41, 5.74) is -0.150. The Morgan fingerprint density at radius 3 is 2.74 bits per heavy atom. The molecule has 0 unspecified atom stereocenters. The van der Waals surface area contributed by atoms with Gasteiger partial charge in [0.25, 0.3) is 5.88 Å². The second kappa shape index (κ2) is 4.20. The molecule has 0 aliphatic rings. The second-order valence-corrected chi connectivity index (χ2v) is 4.31. The molecule has 1 N–H and O–H groups in total. The zero-order valence-corrected chi connectivity index (χ0v) is 10.3. The largest absolute Gasteiger partial charge is 0.488 e. The summed E-state index contributed by atoms with van der Waals surface area (Å²) in [4.78, 5) is 15.9. The van der Waals surface area contributed by atoms with Crippen molar-refractivity contribution in [1.29, 1.82) is 0 Å². The van der Waals surface area contributed by atoms with Gasteiger partial charge in [-0.05, 0) is 11.5 Å². The maximum atomic E-state index is 12.1. The lowest BCUT2D eigenvalue weighted by atomic mass is 10.2. The molecule has 0 saturated carbocycles. The van der Waals surface area contributed by atoms with Crippen molar-refractivity contribution in [3.8, 4) is 11.6 Å². The van der Waals surface area contributed by atoms with E-state index in [1.54, 1.807) is 24.0 Å². The summed E-state index contributed by atoms with van der Waals surface area (Å²) in [5.74, 6) is -0.275. The molecule has 94 valence electrons. The van der Waals surface area contributed by atoms with Crippen LogP contribution in [-0.4, -0.2) is 14.7 Å². The smallest absolute Gasteiger partial charge is 0.339 e. The minimum atomic E-state index is -0.298. The fraction of sp³-hybridized carbons (Fsp3) is 0.0714. The zero-order chi connectivity index (χ0) is 13.4. The first-order valence-electron chi connectivity index (χ1n) is 5.82. The Hall–Kier alpha value is -2.69. The molecule has 0 saturated heterocycles. The fourth-order valence-corrected chi connectivity index (χ4v) is 2.02. The van der Waals surface area contributed by atoms with Crippen LogP contribution in [0.25, 0.3) is 16.5 Å². The Balaban J connectivity index is 2.31. The molecule has 0 spiro atoms. The van der Waals surface area contributed by atoms with E-state index in [0.29, 0.717) is 0 Å². The van der Waals surface area contributed by atoms with E-state index in [9.17, 15) is 9.90 Å². The van der Waals surface area contributed by atoms with Crippen molar-refractivity contribution in [3.05, 3.63) is 59.4 Å². The number of hydrogen-bond acceptors (Lipinski definition) is 3. The highest BCUT2D eigenvalue weighted by Gasteiger charge is 2.20. The van der Waals surface area contributed by atoms with Gasteiger partial charge >= 0.3 is 11.2 Å². The van der Waals surface area contributed by atoms with Crippen LogP contribution in [-0.2, 0) is 7.05 Å². The number of pyridine rings is 1. The number of hydrogen-bond donors (Lipinski definition) is 1. The van der Waals surface area contributed by atoms with Crippen molar-refractivity contribution in [2.24, 2.45) is 7.05 Å². The standard InChI is InChI=1S/C14H11N3O2/c1-16-9-15-13(18)12(14(16)19)17-7-6-10-4-2-3-5-11(10)8-17/h2-9H,1H3/p+1. The molecule has 0 radical (unpaired) electrons. The monoisotopic (exact) mass is 254 g/mol. The van der Waals surface area contributed by atoms with Gasteiger partial charge in [-0.3, -0.25) is 9.36 Å². The molecule has 0 bridgehead atoms. The van der Waals surface area contributed by atoms with Crippen LogP contribution < -0.4 is 10.1 Å². The maximum Gasteiger partial charge on any atom is 0.339 e. The zero-order valence-electron chi connectivity index (χ0n) is 10.3. The third-order valence-corrected chi connectivity index (χ3v) is 3.04. The van der Waals surface area contributed by atoms with E-state index < -0.39 is 0 Å². The molecule has 0 aliphatic carbocycles. The van der Waals surface area contributed by atoms with Gasteiger partial charge in [0.2, 0.25) is 0 Å². The van der Waals surface area contributed by atoms with Gasteiger partial charge in [0.05, 0.1) is 0 Å². The molecule has 2 aromatic heterocycles. The minimum Gasteiger partial charge on any atom is -0.488 e. The average molecular weight is 254 g/mol. The lowest BCUT2D eigenvalue weighted by Crippen LogP contribution is -2.39. The highest BCUT2D eigenvalue weighted by atomic mass is 16.3. The van der Waals surface area contributed by atoms with E-state index in [2.05, 4.69) is 4.98 Å². The van der Waals surface area contributed by atoms with Crippen molar-refractivity contribution < 1.29 is 9.67 Å². The van der Waals surface area contributed by atoms with Gasteiger partial charge in [0.1, 0.15) is 6.33 Å². The predicted octanol–water partition coefficient (Wildman–Crippen LogP) is 0.916. The molecule has 19 heavy (non-hydrogen) atoms. The van der Waals surface area contributed by atoms with E-state index in [1.165, 1.54) is 10.9 Å². The van der Waals surface area contributed by atoms with E-state index in [0.717, 1.165) is 10.8 Å². The normalized spacial score (nSPS) is 10.8. The van der Waals surface area contributed by atoms with Crippen LogP contribution in [0.15, 0.2) is 53.8 Å². The number of nitrogens with zero attached hydrogens (tertiary/aromatic N) is 3. The second-order valence-electron chi connectivity index (χ2n) is 4.31. The fourth-order valence-electron chi connectivity index (χ4n) is 2.02. The maximum absolute atomic E-state index is 12.1. The number of rotatable bonds is 1. The van der Waals surface area contributed by atoms with Crippen LogP contribution in [0.1, 0.15) is 0 Å². The lowest BCUT2D eigenvalue weighted by molar-refractivity contribution is -0.596. The number of benzene rings is 1. The molecule has 0 amide bonds. The molecule has 0 atom stereocenters. The third kappa shape index (κ3) is 1.85. The summed E-state index contributed by atoms with van der Waals surface area (Å²) in [7, 11) is 1.60. The molecule has 0 fully saturated rings. The molecule has 0 aliphatic heterocycles. The molecular formula is C14H12N3O2+. The van der Waals surface area contributed by atoms with Gasteiger partial charge in [-0.1, -0.05) is 18.2 Å². The van der Waals surface area contributed by atoms with E-state index >= 15 is 0 Å². The van der Waals surface area contributed by atoms with E-state index in [4.69, 9.17) is 0 Å². The van der Waals surface area contributed by atoms with Gasteiger partial charge in [-0.15, -0.1) is 0 Å². The predicted molar refractivity (Wildman–Crippen MR) is 70.2 cm³/mol. The number of aromatic hydroxyl groups is 1. The van der Waals surface area contributed by atoms with Gasteiger partial charge in [-0.25, -0.2) is 0 Å². The number of fused-ring (bicyclic) bond motifs is 1. The van der Waals surface area contributed by atoms with Crippen LogP contribution in [0.5, 0.6) is 5.88 Å². The van der Waals surface area contributed by atoms with Gasteiger partial charge in [0, 0.05) is 18.5 Å². The molecule has 1 aromatic carbocycles. The average Bonchev–Trinajstić information content (AvgIpc) is 2.43. The van der Waals surface area contributed by atoms with E-state index in [1.807, 2.05) is 30.3 Å². The first kappa shape index (κ1) is 11.4. The van der Waals surface area contributed by atoms with Crippen molar-refractivity contribution in [2.45, 2.75) is 0 Å². The minimum absolute atomic E-state index is 0.149. The highest BCUT2D eigenvalue weighted by molar-refractivity contribution is 5.80. The van der Waals surface area contributed by atoms with Crippen molar-refractivity contribution >= 4 is 10.8 Å². The Bertz CT molecular complexity index is 824. The van der Waals surface area contributed by atoms with Crippen LogP contribution in [0.2, 0.25) is 0 Å². The molecular weight excluding hydrogens is 242 g/mol. The summed E-state index contributed by atoms with van der Waals surface area (Å²) in [5, 5.41) is 11.8. The number of aryl methyl sites for hydroxylation is 1. The summed E-state index contributed by atoms with van der Waals surface area (Å²) in [6.45, 7) is 0. The van der Waals surface area contributed by atoms with Crippen LogP contribution in [0.3, 0.4) is 0 Å². The summed E-state index contributed by atoms with van der Waals surface area (Å²) < 4.78 is 2.92. The lowest BCUT2D eigenvalue weighted by Gasteiger charge is -2.01. The van der Waals surface area contributed by atoms with Crippen molar-refractivity contribution in [1.82, 2.24) is 9.55 Å². The van der Waals surface area contributed by atoms with E-state index in [-0.39, 0.29) is 17.1 Å². The summed E-state index contributed by atoms with van der Waals surface area (Å²) in [6, 6.07) is 9.70. The molecule has 5 nitrogen and oxygen atoms in total. The number of aromatic nitrogens is 3. The Kier molecular flexibility index (Phi) is 2.52. The quantitative estimate of drug-likeness (QED) is 0.657. The topological polar surface area (TPSA) is 59.0 Å². The molecule has 5 heteroatoms. The summed E-state index contributed by atoms with van der Waals surface area (Å²) >= 11 is 0. The highest BCUT2D eigenvalue weighted by Crippen LogP contribution is 2.12. The van der Waals surface area contributed by atoms with Crippen LogP contribution in [0, 0.1) is 0 Å². The first-order chi connectivity index (χ1) is 9.16.